The Morgan fingerprint density at radius 3 is 2.20 bits per heavy atom. The smallest absolute Gasteiger partial charge is 0.0603 e. The van der Waals surface area contributed by atoms with Crippen LogP contribution in [0.3, 0.4) is 0 Å². The SMILES string of the molecule is CN(S)CI. The van der Waals surface area contributed by atoms with Gasteiger partial charge in [0.05, 0.1) is 4.55 Å². The van der Waals surface area contributed by atoms with Gasteiger partial charge in [-0.3, -0.25) is 0 Å². The van der Waals surface area contributed by atoms with Crippen LogP contribution in [0.15, 0.2) is 0 Å². The van der Waals surface area contributed by atoms with Gasteiger partial charge in [0.1, 0.15) is 0 Å². The van der Waals surface area contributed by atoms with E-state index in [1.807, 2.05) is 7.05 Å². The molecule has 0 aliphatic carbocycles. The highest BCUT2D eigenvalue weighted by atomic mass is 127. The Labute approximate surface area is 51.4 Å². The number of hydrogen-bond acceptors (Lipinski definition) is 2. The van der Waals surface area contributed by atoms with Crippen molar-refractivity contribution in [2.45, 2.75) is 0 Å². The molecule has 0 aliphatic rings. The molecule has 0 bridgehead atoms. The van der Waals surface area contributed by atoms with Crippen molar-refractivity contribution in [2.75, 3.05) is 11.6 Å². The third-order valence-corrected chi connectivity index (χ3v) is 1.88. The number of rotatable bonds is 1. The summed E-state index contributed by atoms with van der Waals surface area (Å²) in [6.07, 6.45) is 0. The van der Waals surface area contributed by atoms with Gasteiger partial charge in [0.25, 0.3) is 0 Å². The lowest BCUT2D eigenvalue weighted by atomic mass is 11.3. The van der Waals surface area contributed by atoms with Crippen molar-refractivity contribution in [3.05, 3.63) is 0 Å². The highest BCUT2D eigenvalue weighted by Gasteiger charge is 1.75. The molecule has 0 heterocycles. The van der Waals surface area contributed by atoms with Crippen LogP contribution in [0, 0.1) is 0 Å². The van der Waals surface area contributed by atoms with Gasteiger partial charge in [-0.05, 0) is 7.05 Å². The molecular weight excluding hydrogens is 197 g/mol. The minimum absolute atomic E-state index is 0.973. The van der Waals surface area contributed by atoms with Gasteiger partial charge in [-0.25, -0.2) is 4.31 Å². The summed E-state index contributed by atoms with van der Waals surface area (Å²) in [6, 6.07) is 0. The molecule has 0 aromatic rings. The van der Waals surface area contributed by atoms with Crippen LogP contribution in [-0.4, -0.2) is 15.9 Å². The third kappa shape index (κ3) is 5.04. The van der Waals surface area contributed by atoms with Crippen molar-refractivity contribution >= 4 is 35.4 Å². The summed E-state index contributed by atoms with van der Waals surface area (Å²) in [5.41, 5.74) is 0. The first kappa shape index (κ1) is 6.04. The summed E-state index contributed by atoms with van der Waals surface area (Å²) in [5, 5.41) is 0. The monoisotopic (exact) mass is 203 g/mol. The van der Waals surface area contributed by atoms with Gasteiger partial charge in [0.15, 0.2) is 0 Å². The van der Waals surface area contributed by atoms with Crippen LogP contribution in [0.1, 0.15) is 0 Å². The second kappa shape index (κ2) is 3.24. The van der Waals surface area contributed by atoms with E-state index >= 15 is 0 Å². The molecule has 5 heavy (non-hydrogen) atoms. The number of thiol groups is 1. The number of halogens is 1. The van der Waals surface area contributed by atoms with E-state index in [1.165, 1.54) is 0 Å². The molecule has 0 N–H and O–H groups in total. The van der Waals surface area contributed by atoms with Gasteiger partial charge < -0.3 is 0 Å². The topological polar surface area (TPSA) is 3.24 Å². The van der Waals surface area contributed by atoms with Crippen molar-refractivity contribution in [1.82, 2.24) is 4.31 Å². The van der Waals surface area contributed by atoms with E-state index in [4.69, 9.17) is 0 Å². The van der Waals surface area contributed by atoms with E-state index in [2.05, 4.69) is 35.4 Å². The fourth-order valence-corrected chi connectivity index (χ4v) is 0. The zero-order chi connectivity index (χ0) is 4.28. The second-order valence-corrected chi connectivity index (χ2v) is 2.14. The Kier molecular flexibility index (Phi) is 3.91. The van der Waals surface area contributed by atoms with E-state index in [-0.39, 0.29) is 0 Å². The Bertz CT molecular complexity index is 23.6. The first-order valence-corrected chi connectivity index (χ1v) is 3.16. The minimum atomic E-state index is 0.973. The van der Waals surface area contributed by atoms with Gasteiger partial charge in [0.2, 0.25) is 0 Å². The molecule has 0 rings (SSSR count). The van der Waals surface area contributed by atoms with Crippen LogP contribution in [0.5, 0.6) is 0 Å². The summed E-state index contributed by atoms with van der Waals surface area (Å²) in [4.78, 5) is 0. The largest absolute Gasteiger partial charge is 0.247 e. The first-order valence-electron chi connectivity index (χ1n) is 1.23. The molecule has 0 saturated heterocycles. The summed E-state index contributed by atoms with van der Waals surface area (Å²) in [5.74, 6) is 0. The van der Waals surface area contributed by atoms with Crippen LogP contribution in [0.2, 0.25) is 0 Å². The van der Waals surface area contributed by atoms with Crippen molar-refractivity contribution in [2.24, 2.45) is 0 Å². The predicted octanol–water partition coefficient (Wildman–Crippen LogP) is 1.16. The van der Waals surface area contributed by atoms with Gasteiger partial charge in [0, 0.05) is 0 Å². The highest BCUT2D eigenvalue weighted by Crippen LogP contribution is 1.89. The van der Waals surface area contributed by atoms with E-state index in [0.717, 1.165) is 4.55 Å². The molecular formula is C2H6INS. The van der Waals surface area contributed by atoms with Gasteiger partial charge in [-0.1, -0.05) is 35.4 Å². The Balaban J connectivity index is 2.54. The Hall–Kier alpha value is 1.04. The average Bonchev–Trinajstić information content (AvgIpc) is 1.38. The molecule has 0 atom stereocenters. The van der Waals surface area contributed by atoms with E-state index in [9.17, 15) is 0 Å². The maximum absolute atomic E-state index is 3.92. The quantitative estimate of drug-likeness (QED) is 0.289. The van der Waals surface area contributed by atoms with Crippen molar-refractivity contribution < 1.29 is 0 Å². The van der Waals surface area contributed by atoms with Crippen LogP contribution in [-0.2, 0) is 0 Å². The molecule has 0 aliphatic heterocycles. The molecule has 1 nitrogen and oxygen atoms in total. The zero-order valence-electron chi connectivity index (χ0n) is 2.98. The van der Waals surface area contributed by atoms with Gasteiger partial charge in [-0.15, -0.1) is 0 Å². The summed E-state index contributed by atoms with van der Waals surface area (Å²) >= 11 is 6.15. The molecule has 0 unspecified atom stereocenters. The Morgan fingerprint density at radius 1 is 2.00 bits per heavy atom. The minimum Gasteiger partial charge on any atom is -0.247 e. The lowest BCUT2D eigenvalue weighted by Crippen LogP contribution is -1.97. The summed E-state index contributed by atoms with van der Waals surface area (Å²) in [6.45, 7) is 0. The number of hydrogen-bond donors (Lipinski definition) is 1. The standard InChI is InChI=1S/C2H6INS/c1-4(5)2-3/h5H,2H2,1H3. The molecule has 0 amide bonds. The zero-order valence-corrected chi connectivity index (χ0v) is 6.03. The Morgan fingerprint density at radius 2 is 2.20 bits per heavy atom. The first-order chi connectivity index (χ1) is 2.27. The van der Waals surface area contributed by atoms with Crippen LogP contribution in [0.4, 0.5) is 0 Å². The maximum Gasteiger partial charge on any atom is 0.0603 e. The normalized spacial score (nSPS) is 9.60. The second-order valence-electron chi connectivity index (χ2n) is 0.777. The highest BCUT2D eigenvalue weighted by molar-refractivity contribution is 14.1. The summed E-state index contributed by atoms with van der Waals surface area (Å²) in [7, 11) is 1.91. The molecule has 0 spiro atoms. The van der Waals surface area contributed by atoms with Crippen LogP contribution in [0.25, 0.3) is 0 Å². The lowest BCUT2D eigenvalue weighted by Gasteiger charge is -1.96. The average molecular weight is 203 g/mol. The molecule has 0 fully saturated rings. The molecule has 32 valence electrons. The molecule has 0 radical (unpaired) electrons. The van der Waals surface area contributed by atoms with E-state index in [0.29, 0.717) is 0 Å². The third-order valence-electron chi connectivity index (χ3n) is 0.173. The molecule has 3 heteroatoms. The fraction of sp³-hybridized carbons (Fsp3) is 1.00. The van der Waals surface area contributed by atoms with E-state index in [1.54, 1.807) is 4.31 Å². The van der Waals surface area contributed by atoms with Crippen molar-refractivity contribution in [3.8, 4) is 0 Å². The van der Waals surface area contributed by atoms with Gasteiger partial charge in [-0.2, -0.15) is 0 Å². The molecule has 0 aromatic carbocycles. The van der Waals surface area contributed by atoms with Crippen molar-refractivity contribution in [1.29, 1.82) is 0 Å². The lowest BCUT2D eigenvalue weighted by molar-refractivity contribution is 0.701. The predicted molar refractivity (Wildman–Crippen MR) is 35.6 cm³/mol. The van der Waals surface area contributed by atoms with Crippen molar-refractivity contribution in [3.63, 3.8) is 0 Å². The van der Waals surface area contributed by atoms with Crippen LogP contribution >= 0.6 is 35.4 Å². The van der Waals surface area contributed by atoms with E-state index < -0.39 is 0 Å². The van der Waals surface area contributed by atoms with Crippen LogP contribution < -0.4 is 0 Å². The fourth-order valence-electron chi connectivity index (χ4n) is 0. The van der Waals surface area contributed by atoms with Gasteiger partial charge >= 0.3 is 0 Å². The maximum atomic E-state index is 3.92. The number of nitrogens with zero attached hydrogens (tertiary/aromatic N) is 1. The summed E-state index contributed by atoms with van der Waals surface area (Å²) < 4.78 is 2.78. The number of alkyl halides is 1. The molecule has 0 aromatic heterocycles. The molecule has 0 saturated carbocycles.